The van der Waals surface area contributed by atoms with E-state index in [0.29, 0.717) is 29.1 Å². The summed E-state index contributed by atoms with van der Waals surface area (Å²) in [4.78, 5) is 14.8. The van der Waals surface area contributed by atoms with Gasteiger partial charge >= 0.3 is 0 Å². The summed E-state index contributed by atoms with van der Waals surface area (Å²) in [6, 6.07) is 10.7. The number of carbonyl (C=O) groups excluding carboxylic acids is 1. The summed E-state index contributed by atoms with van der Waals surface area (Å²) in [6.45, 7) is 3.25. The Kier molecular flexibility index (Phi) is 3.90. The predicted octanol–water partition coefficient (Wildman–Crippen LogP) is 2.51. The van der Waals surface area contributed by atoms with Crippen LogP contribution in [0.25, 0.3) is 0 Å². The van der Waals surface area contributed by atoms with Crippen LogP contribution in [-0.2, 0) is 0 Å². The van der Waals surface area contributed by atoms with E-state index in [2.05, 4.69) is 10.2 Å². The molecule has 24 heavy (non-hydrogen) atoms. The lowest BCUT2D eigenvalue weighted by Crippen LogP contribution is -2.43. The van der Waals surface area contributed by atoms with Crippen LogP contribution in [0.5, 0.6) is 17.6 Å². The Labute approximate surface area is 140 Å². The molecule has 1 aromatic carbocycles. The summed E-state index contributed by atoms with van der Waals surface area (Å²) in [5.41, 5.74) is 0.636. The molecule has 0 saturated carbocycles. The van der Waals surface area contributed by atoms with Crippen LogP contribution in [-0.4, -0.2) is 43.6 Å². The van der Waals surface area contributed by atoms with Crippen molar-refractivity contribution in [1.29, 1.82) is 0 Å². The molecule has 1 aromatic heterocycles. The third-order valence-corrected chi connectivity index (χ3v) is 4.74. The Morgan fingerprint density at radius 3 is 2.58 bits per heavy atom. The monoisotopic (exact) mass is 328 g/mol. The molecule has 0 spiro atoms. The highest BCUT2D eigenvalue weighted by molar-refractivity contribution is 5.94. The maximum Gasteiger partial charge on any atom is 0.292 e. The lowest BCUT2D eigenvalue weighted by molar-refractivity contribution is 0.0924. The molecule has 2 aliphatic rings. The smallest absolute Gasteiger partial charge is 0.292 e. The second-order valence-corrected chi connectivity index (χ2v) is 6.29. The van der Waals surface area contributed by atoms with Crippen LogP contribution in [0.4, 0.5) is 0 Å². The highest BCUT2D eigenvalue weighted by Crippen LogP contribution is 2.29. The molecule has 2 aliphatic heterocycles. The fourth-order valence-electron chi connectivity index (χ4n) is 3.46. The van der Waals surface area contributed by atoms with Gasteiger partial charge in [-0.15, -0.1) is 0 Å². The summed E-state index contributed by atoms with van der Waals surface area (Å²) < 4.78 is 15.9. The van der Waals surface area contributed by atoms with Gasteiger partial charge in [0.2, 0.25) is 0 Å². The van der Waals surface area contributed by atoms with Crippen molar-refractivity contribution in [1.82, 2.24) is 10.2 Å². The number of ether oxygens (including phenoxy) is 2. The standard InChI is InChI=1S/C18H20N2O4/c1-22-16-6-7-17(24-16)23-14-4-2-12(3-5-14)18(21)19-15-11-20-9-8-13(15)10-20/h2-7,13,15H,8-11H2,1H3,(H,19,21). The zero-order chi connectivity index (χ0) is 16.5. The summed E-state index contributed by atoms with van der Waals surface area (Å²) >= 11 is 0. The minimum Gasteiger partial charge on any atom is -0.468 e. The van der Waals surface area contributed by atoms with E-state index in [0.717, 1.165) is 13.1 Å². The molecule has 6 nitrogen and oxygen atoms in total. The third-order valence-electron chi connectivity index (χ3n) is 4.74. The Hall–Kier alpha value is -2.47. The Bertz CT molecular complexity index is 725. The van der Waals surface area contributed by atoms with Gasteiger partial charge in [-0.25, -0.2) is 0 Å². The molecular weight excluding hydrogens is 308 g/mol. The van der Waals surface area contributed by atoms with Crippen molar-refractivity contribution in [2.45, 2.75) is 12.5 Å². The fraction of sp³-hybridized carbons (Fsp3) is 0.389. The Morgan fingerprint density at radius 2 is 1.96 bits per heavy atom. The largest absolute Gasteiger partial charge is 0.468 e. The summed E-state index contributed by atoms with van der Waals surface area (Å²) in [7, 11) is 1.53. The summed E-state index contributed by atoms with van der Waals surface area (Å²) in [5, 5.41) is 3.15. The number of hydrogen-bond acceptors (Lipinski definition) is 5. The number of piperidine rings is 1. The number of nitrogens with zero attached hydrogens (tertiary/aromatic N) is 1. The molecule has 2 bridgehead atoms. The van der Waals surface area contributed by atoms with Crippen molar-refractivity contribution in [3.05, 3.63) is 42.0 Å². The molecule has 2 fully saturated rings. The maximum absolute atomic E-state index is 12.4. The quantitative estimate of drug-likeness (QED) is 0.914. The van der Waals surface area contributed by atoms with E-state index in [9.17, 15) is 4.79 Å². The minimum atomic E-state index is -0.0278. The molecule has 0 radical (unpaired) electrons. The van der Waals surface area contributed by atoms with Gasteiger partial charge in [0.05, 0.1) is 7.11 Å². The molecule has 4 rings (SSSR count). The van der Waals surface area contributed by atoms with E-state index in [1.165, 1.54) is 20.1 Å². The lowest BCUT2D eigenvalue weighted by atomic mass is 9.99. The number of nitrogens with one attached hydrogen (secondary N) is 1. The number of fused-ring (bicyclic) bond motifs is 2. The first kappa shape index (κ1) is 15.1. The highest BCUT2D eigenvalue weighted by atomic mass is 16.6. The topological polar surface area (TPSA) is 63.9 Å². The van der Waals surface area contributed by atoms with Crippen molar-refractivity contribution in [3.63, 3.8) is 0 Å². The Balaban J connectivity index is 1.37. The average molecular weight is 328 g/mol. The van der Waals surface area contributed by atoms with Gasteiger partial charge in [0.1, 0.15) is 5.75 Å². The molecule has 3 unspecified atom stereocenters. The highest BCUT2D eigenvalue weighted by Gasteiger charge is 2.38. The minimum absolute atomic E-state index is 0.0278. The van der Waals surface area contributed by atoms with Gasteiger partial charge in [0, 0.05) is 36.8 Å². The average Bonchev–Trinajstić information content (AvgIpc) is 3.32. The van der Waals surface area contributed by atoms with Crippen LogP contribution < -0.4 is 14.8 Å². The molecule has 3 atom stereocenters. The van der Waals surface area contributed by atoms with Crippen LogP contribution in [0.1, 0.15) is 16.8 Å². The number of rotatable bonds is 5. The lowest BCUT2D eigenvalue weighted by Gasteiger charge is -2.23. The normalized spacial score (nSPS) is 24.8. The van der Waals surface area contributed by atoms with Crippen LogP contribution in [0.3, 0.4) is 0 Å². The second-order valence-electron chi connectivity index (χ2n) is 6.29. The van der Waals surface area contributed by atoms with Crippen molar-refractivity contribution in [3.8, 4) is 17.6 Å². The van der Waals surface area contributed by atoms with E-state index in [1.54, 1.807) is 36.4 Å². The van der Waals surface area contributed by atoms with Gasteiger partial charge in [-0.1, -0.05) is 0 Å². The van der Waals surface area contributed by atoms with Gasteiger partial charge in [-0.05, 0) is 43.1 Å². The zero-order valence-corrected chi connectivity index (χ0v) is 13.5. The molecular formula is C18H20N2O4. The van der Waals surface area contributed by atoms with E-state index in [4.69, 9.17) is 13.9 Å². The molecule has 1 N–H and O–H groups in total. The molecule has 6 heteroatoms. The van der Waals surface area contributed by atoms with Crippen molar-refractivity contribution in [2.24, 2.45) is 5.92 Å². The molecule has 0 aliphatic carbocycles. The number of methoxy groups -OCH3 is 1. The van der Waals surface area contributed by atoms with Gasteiger partial charge in [0.25, 0.3) is 17.8 Å². The predicted molar refractivity (Wildman–Crippen MR) is 87.6 cm³/mol. The number of benzene rings is 1. The third kappa shape index (κ3) is 2.97. The fourth-order valence-corrected chi connectivity index (χ4v) is 3.46. The van der Waals surface area contributed by atoms with Crippen LogP contribution in [0.15, 0.2) is 40.8 Å². The molecule has 2 aromatic rings. The molecule has 1 amide bonds. The number of hydrogen-bond donors (Lipinski definition) is 1. The molecule has 3 heterocycles. The van der Waals surface area contributed by atoms with Gasteiger partial charge in [-0.3, -0.25) is 4.79 Å². The van der Waals surface area contributed by atoms with E-state index in [-0.39, 0.29) is 11.9 Å². The summed E-state index contributed by atoms with van der Waals surface area (Å²) in [5.74, 6) is 1.92. The Morgan fingerprint density at radius 1 is 1.17 bits per heavy atom. The number of amides is 1. The first-order valence-electron chi connectivity index (χ1n) is 8.16. The van der Waals surface area contributed by atoms with Crippen LogP contribution in [0, 0.1) is 5.92 Å². The van der Waals surface area contributed by atoms with Crippen molar-refractivity contribution >= 4 is 5.91 Å². The number of carbonyl (C=O) groups is 1. The van der Waals surface area contributed by atoms with E-state index < -0.39 is 0 Å². The van der Waals surface area contributed by atoms with Gasteiger partial charge < -0.3 is 24.1 Å². The van der Waals surface area contributed by atoms with Crippen LogP contribution in [0.2, 0.25) is 0 Å². The van der Waals surface area contributed by atoms with E-state index in [1.807, 2.05) is 0 Å². The first-order chi connectivity index (χ1) is 11.7. The van der Waals surface area contributed by atoms with Crippen molar-refractivity contribution < 1.29 is 18.7 Å². The second kappa shape index (κ2) is 6.20. The first-order valence-corrected chi connectivity index (χ1v) is 8.16. The molecule has 126 valence electrons. The van der Waals surface area contributed by atoms with Crippen molar-refractivity contribution in [2.75, 3.05) is 26.7 Å². The van der Waals surface area contributed by atoms with Crippen LogP contribution >= 0.6 is 0 Å². The molecule has 2 saturated heterocycles. The summed E-state index contributed by atoms with van der Waals surface area (Å²) in [6.07, 6.45) is 1.18. The van der Waals surface area contributed by atoms with Gasteiger partial charge in [-0.2, -0.15) is 0 Å². The van der Waals surface area contributed by atoms with E-state index >= 15 is 0 Å². The maximum atomic E-state index is 12.4. The SMILES string of the molecule is COc1ccc(Oc2ccc(C(=O)NC3CN4CCC3C4)cc2)o1. The zero-order valence-electron chi connectivity index (χ0n) is 13.5. The van der Waals surface area contributed by atoms with Gasteiger partial charge in [0.15, 0.2) is 0 Å². The number of furan rings is 1.